The first-order chi connectivity index (χ1) is 8.64. The first kappa shape index (κ1) is 13.9. The van der Waals surface area contributed by atoms with Gasteiger partial charge in [0.25, 0.3) is 5.69 Å². The van der Waals surface area contributed by atoms with Crippen LogP contribution in [0.1, 0.15) is 27.7 Å². The van der Waals surface area contributed by atoms with Gasteiger partial charge in [0.15, 0.2) is 0 Å². The SMILES string of the molecule is CC1(C)OB(c2ncc(F)cc2[N+](=O)[O-])OC1(C)C. The van der Waals surface area contributed by atoms with Crippen LogP contribution in [-0.2, 0) is 9.31 Å². The molecule has 0 aliphatic carbocycles. The summed E-state index contributed by atoms with van der Waals surface area (Å²) in [6, 6.07) is 0.813. The van der Waals surface area contributed by atoms with E-state index >= 15 is 0 Å². The number of rotatable bonds is 2. The van der Waals surface area contributed by atoms with Crippen molar-refractivity contribution in [2.45, 2.75) is 38.9 Å². The number of hydrogen-bond acceptors (Lipinski definition) is 5. The summed E-state index contributed by atoms with van der Waals surface area (Å²) in [5.41, 5.74) is -1.74. The van der Waals surface area contributed by atoms with Gasteiger partial charge in [-0.25, -0.2) is 4.39 Å². The van der Waals surface area contributed by atoms with Crippen molar-refractivity contribution < 1.29 is 18.6 Å². The van der Waals surface area contributed by atoms with Gasteiger partial charge < -0.3 is 9.31 Å². The van der Waals surface area contributed by atoms with Crippen molar-refractivity contribution in [3.05, 3.63) is 28.2 Å². The summed E-state index contributed by atoms with van der Waals surface area (Å²) in [6.07, 6.45) is 0.910. The maximum atomic E-state index is 13.0. The Morgan fingerprint density at radius 1 is 1.32 bits per heavy atom. The molecule has 6 nitrogen and oxygen atoms in total. The van der Waals surface area contributed by atoms with Crippen LogP contribution in [0.2, 0.25) is 0 Å². The Bertz CT molecular complexity index is 519. The molecule has 102 valence electrons. The van der Waals surface area contributed by atoms with Gasteiger partial charge >= 0.3 is 7.12 Å². The van der Waals surface area contributed by atoms with Crippen molar-refractivity contribution in [2.24, 2.45) is 0 Å². The van der Waals surface area contributed by atoms with E-state index < -0.39 is 34.7 Å². The summed E-state index contributed by atoms with van der Waals surface area (Å²) >= 11 is 0. The molecule has 1 fully saturated rings. The van der Waals surface area contributed by atoms with Crippen LogP contribution in [0.15, 0.2) is 12.3 Å². The summed E-state index contributed by atoms with van der Waals surface area (Å²) in [4.78, 5) is 14.0. The second kappa shape index (κ2) is 4.24. The van der Waals surface area contributed by atoms with Crippen molar-refractivity contribution in [1.29, 1.82) is 0 Å². The van der Waals surface area contributed by atoms with Gasteiger partial charge in [0.2, 0.25) is 0 Å². The van der Waals surface area contributed by atoms with Crippen LogP contribution in [-0.4, -0.2) is 28.2 Å². The molecule has 8 heteroatoms. The summed E-state index contributed by atoms with van der Waals surface area (Å²) < 4.78 is 24.4. The van der Waals surface area contributed by atoms with Gasteiger partial charge in [0.1, 0.15) is 11.4 Å². The Kier molecular flexibility index (Phi) is 3.10. The molecule has 0 amide bonds. The van der Waals surface area contributed by atoms with Crippen molar-refractivity contribution in [3.8, 4) is 0 Å². The van der Waals surface area contributed by atoms with Crippen LogP contribution in [0.25, 0.3) is 0 Å². The fourth-order valence-electron chi connectivity index (χ4n) is 1.72. The van der Waals surface area contributed by atoms with E-state index in [2.05, 4.69) is 4.98 Å². The molecule has 0 unspecified atom stereocenters. The predicted octanol–water partition coefficient (Wildman–Crippen LogP) is 1.43. The second-order valence-electron chi connectivity index (χ2n) is 5.40. The molecule has 0 saturated carbocycles. The minimum atomic E-state index is -0.981. The van der Waals surface area contributed by atoms with Gasteiger partial charge in [-0.05, 0) is 27.7 Å². The van der Waals surface area contributed by atoms with E-state index in [9.17, 15) is 14.5 Å². The molecule has 1 aromatic heterocycles. The van der Waals surface area contributed by atoms with Gasteiger partial charge in [0.05, 0.1) is 28.4 Å². The van der Waals surface area contributed by atoms with E-state index in [4.69, 9.17) is 9.31 Å². The molecule has 0 radical (unpaired) electrons. The Morgan fingerprint density at radius 2 is 1.84 bits per heavy atom. The number of nitrogens with zero attached hydrogens (tertiary/aromatic N) is 2. The number of halogens is 1. The minimum Gasteiger partial charge on any atom is -0.398 e. The fraction of sp³-hybridized carbons (Fsp3) is 0.545. The standard InChI is InChI=1S/C11H14BFN2O4/c1-10(2)11(3,4)19-12(18-10)9-8(15(16)17)5-7(13)6-14-9/h5-6H,1-4H3. The number of nitro groups is 1. The highest BCUT2D eigenvalue weighted by Gasteiger charge is 2.54. The lowest BCUT2D eigenvalue weighted by Crippen LogP contribution is -2.41. The smallest absolute Gasteiger partial charge is 0.398 e. The zero-order valence-corrected chi connectivity index (χ0v) is 11.1. The number of hydrogen-bond donors (Lipinski definition) is 0. The third-order valence-electron chi connectivity index (χ3n) is 3.54. The zero-order chi connectivity index (χ0) is 14.4. The number of aromatic nitrogens is 1. The summed E-state index contributed by atoms with van der Waals surface area (Å²) in [5.74, 6) is -0.771. The lowest BCUT2D eigenvalue weighted by molar-refractivity contribution is -0.384. The predicted molar refractivity (Wildman–Crippen MR) is 66.6 cm³/mol. The molecular weight excluding hydrogens is 254 g/mol. The monoisotopic (exact) mass is 268 g/mol. The quantitative estimate of drug-likeness (QED) is 0.460. The second-order valence-corrected chi connectivity index (χ2v) is 5.40. The maximum Gasteiger partial charge on any atom is 0.521 e. The Balaban J connectivity index is 2.42. The number of pyridine rings is 1. The van der Waals surface area contributed by atoms with Crippen LogP contribution in [0.4, 0.5) is 10.1 Å². The van der Waals surface area contributed by atoms with Gasteiger partial charge in [0, 0.05) is 0 Å². The summed E-state index contributed by atoms with van der Waals surface area (Å²) in [5, 5.41) is 10.9. The van der Waals surface area contributed by atoms with E-state index in [0.717, 1.165) is 12.3 Å². The molecule has 1 aliphatic heterocycles. The Labute approximate surface area is 110 Å². The molecule has 1 aliphatic rings. The minimum absolute atomic E-state index is 0.0231. The average molecular weight is 268 g/mol. The Morgan fingerprint density at radius 3 is 2.32 bits per heavy atom. The first-order valence-electron chi connectivity index (χ1n) is 5.79. The molecule has 0 N–H and O–H groups in total. The molecule has 1 aromatic rings. The summed E-state index contributed by atoms with van der Waals surface area (Å²) in [7, 11) is -0.981. The lowest BCUT2D eigenvalue weighted by Gasteiger charge is -2.32. The fourth-order valence-corrected chi connectivity index (χ4v) is 1.72. The van der Waals surface area contributed by atoms with Crippen molar-refractivity contribution >= 4 is 18.4 Å². The van der Waals surface area contributed by atoms with E-state index in [1.54, 1.807) is 0 Å². The van der Waals surface area contributed by atoms with Gasteiger partial charge in [-0.3, -0.25) is 15.1 Å². The maximum absolute atomic E-state index is 13.0. The van der Waals surface area contributed by atoms with E-state index in [0.29, 0.717) is 0 Å². The molecule has 2 heterocycles. The van der Waals surface area contributed by atoms with E-state index in [1.807, 2.05) is 27.7 Å². The molecule has 0 spiro atoms. The topological polar surface area (TPSA) is 74.5 Å². The molecule has 2 rings (SSSR count). The van der Waals surface area contributed by atoms with Crippen molar-refractivity contribution in [2.75, 3.05) is 0 Å². The van der Waals surface area contributed by atoms with Crippen LogP contribution in [0.5, 0.6) is 0 Å². The van der Waals surface area contributed by atoms with Crippen LogP contribution < -0.4 is 5.59 Å². The van der Waals surface area contributed by atoms with E-state index in [1.165, 1.54) is 0 Å². The highest BCUT2D eigenvalue weighted by molar-refractivity contribution is 6.62. The van der Waals surface area contributed by atoms with Crippen LogP contribution in [0.3, 0.4) is 0 Å². The molecule has 0 bridgehead atoms. The third-order valence-corrected chi connectivity index (χ3v) is 3.54. The largest absolute Gasteiger partial charge is 0.521 e. The van der Waals surface area contributed by atoms with Gasteiger partial charge in [-0.15, -0.1) is 0 Å². The molecular formula is C11H14BFN2O4. The van der Waals surface area contributed by atoms with Gasteiger partial charge in [-0.2, -0.15) is 0 Å². The lowest BCUT2D eigenvalue weighted by atomic mass is 9.83. The normalized spacial score (nSPS) is 20.6. The zero-order valence-electron chi connectivity index (χ0n) is 11.1. The van der Waals surface area contributed by atoms with Crippen molar-refractivity contribution in [1.82, 2.24) is 4.98 Å². The van der Waals surface area contributed by atoms with Crippen molar-refractivity contribution in [3.63, 3.8) is 0 Å². The highest BCUT2D eigenvalue weighted by Crippen LogP contribution is 2.36. The summed E-state index contributed by atoms with van der Waals surface area (Å²) in [6.45, 7) is 7.29. The molecule has 1 saturated heterocycles. The first-order valence-corrected chi connectivity index (χ1v) is 5.79. The van der Waals surface area contributed by atoms with Crippen LogP contribution in [0, 0.1) is 15.9 Å². The van der Waals surface area contributed by atoms with Crippen LogP contribution >= 0.6 is 0 Å². The van der Waals surface area contributed by atoms with E-state index in [-0.39, 0.29) is 5.59 Å². The third kappa shape index (κ3) is 2.33. The average Bonchev–Trinajstić information content (AvgIpc) is 2.47. The Hall–Kier alpha value is -1.54. The molecule has 19 heavy (non-hydrogen) atoms. The van der Waals surface area contributed by atoms with Gasteiger partial charge in [-0.1, -0.05) is 0 Å². The molecule has 0 atom stereocenters. The molecule has 0 aromatic carbocycles. The highest BCUT2D eigenvalue weighted by atomic mass is 19.1.